The van der Waals surface area contributed by atoms with E-state index in [0.717, 1.165) is 11.1 Å². The molecule has 0 N–H and O–H groups in total. The molecule has 0 atom stereocenters. The van der Waals surface area contributed by atoms with Crippen molar-refractivity contribution in [1.82, 2.24) is 10.1 Å². The Morgan fingerprint density at radius 3 is 2.50 bits per heavy atom. The van der Waals surface area contributed by atoms with Crippen LogP contribution in [0.5, 0.6) is 0 Å². The van der Waals surface area contributed by atoms with Crippen LogP contribution in [0.3, 0.4) is 0 Å². The summed E-state index contributed by atoms with van der Waals surface area (Å²) in [4.78, 5) is 5.88. The summed E-state index contributed by atoms with van der Waals surface area (Å²) in [6.45, 7) is 3.69. The van der Waals surface area contributed by atoms with Crippen LogP contribution in [0.2, 0.25) is 5.02 Å². The van der Waals surface area contributed by atoms with Crippen molar-refractivity contribution >= 4 is 38.6 Å². The van der Waals surface area contributed by atoms with E-state index in [0.29, 0.717) is 26.3 Å². The topological polar surface area (TPSA) is 76.3 Å². The van der Waals surface area contributed by atoms with E-state index in [-0.39, 0.29) is 10.8 Å². The predicted octanol–water partition coefficient (Wildman–Crippen LogP) is 5.56. The third kappa shape index (κ3) is 3.86. The number of benzene rings is 2. The van der Waals surface area contributed by atoms with Crippen LogP contribution in [0.4, 0.5) is 5.69 Å². The van der Waals surface area contributed by atoms with Crippen LogP contribution in [-0.4, -0.2) is 25.6 Å². The molecule has 2 aromatic heterocycles. The van der Waals surface area contributed by atoms with Crippen LogP contribution < -0.4 is 4.31 Å². The normalized spacial score (nSPS) is 11.6. The number of nitrogens with zero attached hydrogens (tertiary/aromatic N) is 3. The fourth-order valence-electron chi connectivity index (χ4n) is 2.98. The van der Waals surface area contributed by atoms with Gasteiger partial charge in [0, 0.05) is 22.5 Å². The summed E-state index contributed by atoms with van der Waals surface area (Å²) in [5.41, 5.74) is 2.34. The van der Waals surface area contributed by atoms with Crippen LogP contribution >= 0.6 is 22.9 Å². The van der Waals surface area contributed by atoms with Gasteiger partial charge in [-0.05, 0) is 61.9 Å². The third-order valence-corrected chi connectivity index (χ3v) is 7.95. The first-order valence-electron chi connectivity index (χ1n) is 9.02. The lowest BCUT2D eigenvalue weighted by Gasteiger charge is -2.19. The van der Waals surface area contributed by atoms with E-state index >= 15 is 0 Å². The minimum atomic E-state index is -3.74. The van der Waals surface area contributed by atoms with Gasteiger partial charge in [0.2, 0.25) is 5.82 Å². The predicted molar refractivity (Wildman–Crippen MR) is 120 cm³/mol. The highest BCUT2D eigenvalue weighted by Gasteiger charge is 2.27. The maximum absolute atomic E-state index is 13.2. The molecule has 0 amide bonds. The Kier molecular flexibility index (Phi) is 5.40. The molecular formula is C21H18ClN3O3S2. The summed E-state index contributed by atoms with van der Waals surface area (Å²) in [5, 5.41) is 4.62. The molecule has 0 saturated heterocycles. The molecule has 0 radical (unpaired) electrons. The number of thiophene rings is 1. The second-order valence-electron chi connectivity index (χ2n) is 6.77. The van der Waals surface area contributed by atoms with Crippen LogP contribution in [0, 0.1) is 13.8 Å². The maximum Gasteiger partial charge on any atom is 0.268 e. The number of aryl methyl sites for hydroxylation is 2. The van der Waals surface area contributed by atoms with Crippen molar-refractivity contribution in [2.75, 3.05) is 11.4 Å². The molecule has 0 aliphatic carbocycles. The van der Waals surface area contributed by atoms with Crippen molar-refractivity contribution in [3.8, 4) is 22.2 Å². The second kappa shape index (κ2) is 7.86. The largest absolute Gasteiger partial charge is 0.333 e. The number of rotatable bonds is 5. The van der Waals surface area contributed by atoms with Gasteiger partial charge in [0.1, 0.15) is 4.90 Å². The van der Waals surface area contributed by atoms with Crippen LogP contribution in [0.1, 0.15) is 10.4 Å². The SMILES string of the molecule is Cc1cccc(N(C)S(=O)(=O)c2cc(-c3nc(-c4ccc(Cl)cc4)no3)sc2C)c1. The number of hydrogen-bond acceptors (Lipinski definition) is 6. The molecular weight excluding hydrogens is 442 g/mol. The first-order valence-corrected chi connectivity index (χ1v) is 11.7. The number of hydrogen-bond donors (Lipinski definition) is 0. The van der Waals surface area contributed by atoms with E-state index in [2.05, 4.69) is 10.1 Å². The van der Waals surface area contributed by atoms with Crippen molar-refractivity contribution in [2.45, 2.75) is 18.7 Å². The standard InChI is InChI=1S/C21H18ClN3O3S2/c1-13-5-4-6-17(11-13)25(3)30(26,27)19-12-18(29-14(19)2)21-23-20(24-28-21)15-7-9-16(22)10-8-15/h4-12H,1-3H3. The number of aromatic nitrogens is 2. The van der Waals surface area contributed by atoms with E-state index in [1.807, 2.05) is 25.1 Å². The molecule has 0 spiro atoms. The Labute approximate surface area is 183 Å². The summed E-state index contributed by atoms with van der Waals surface area (Å²) in [6.07, 6.45) is 0. The third-order valence-electron chi connectivity index (χ3n) is 4.62. The molecule has 0 aliphatic heterocycles. The van der Waals surface area contributed by atoms with E-state index in [4.69, 9.17) is 16.1 Å². The first-order chi connectivity index (χ1) is 14.3. The van der Waals surface area contributed by atoms with Gasteiger partial charge in [-0.3, -0.25) is 4.31 Å². The fourth-order valence-corrected chi connectivity index (χ4v) is 5.77. The number of sulfonamides is 1. The van der Waals surface area contributed by atoms with Gasteiger partial charge >= 0.3 is 0 Å². The zero-order chi connectivity index (χ0) is 21.5. The summed E-state index contributed by atoms with van der Waals surface area (Å²) in [5.74, 6) is 0.682. The molecule has 4 rings (SSSR count). The molecule has 154 valence electrons. The average Bonchev–Trinajstić information content (AvgIpc) is 3.35. The summed E-state index contributed by atoms with van der Waals surface area (Å²) in [6, 6.07) is 16.0. The highest BCUT2D eigenvalue weighted by atomic mass is 35.5. The highest BCUT2D eigenvalue weighted by Crippen LogP contribution is 2.35. The van der Waals surface area contributed by atoms with Crippen molar-refractivity contribution < 1.29 is 12.9 Å². The van der Waals surface area contributed by atoms with Gasteiger partial charge in [0.15, 0.2) is 0 Å². The van der Waals surface area contributed by atoms with Gasteiger partial charge in [0.25, 0.3) is 15.9 Å². The van der Waals surface area contributed by atoms with E-state index < -0.39 is 10.0 Å². The number of halogens is 1. The lowest BCUT2D eigenvalue weighted by molar-refractivity contribution is 0.433. The van der Waals surface area contributed by atoms with Crippen molar-refractivity contribution in [1.29, 1.82) is 0 Å². The molecule has 0 fully saturated rings. The molecule has 0 unspecified atom stereocenters. The Balaban J connectivity index is 1.67. The molecule has 9 heteroatoms. The molecule has 0 bridgehead atoms. The van der Waals surface area contributed by atoms with Gasteiger partial charge in [-0.2, -0.15) is 4.98 Å². The second-order valence-corrected chi connectivity index (χ2v) is 10.4. The number of anilines is 1. The monoisotopic (exact) mass is 459 g/mol. The van der Waals surface area contributed by atoms with Gasteiger partial charge in [0.05, 0.1) is 10.6 Å². The average molecular weight is 460 g/mol. The summed E-state index contributed by atoms with van der Waals surface area (Å²) >= 11 is 7.22. The van der Waals surface area contributed by atoms with Gasteiger partial charge in [-0.25, -0.2) is 8.42 Å². The molecule has 30 heavy (non-hydrogen) atoms. The van der Waals surface area contributed by atoms with Crippen LogP contribution in [0.25, 0.3) is 22.2 Å². The first kappa shape index (κ1) is 20.6. The fraction of sp³-hybridized carbons (Fsp3) is 0.143. The van der Waals surface area contributed by atoms with Gasteiger partial charge < -0.3 is 4.52 Å². The van der Waals surface area contributed by atoms with E-state index in [9.17, 15) is 8.42 Å². The Morgan fingerprint density at radius 1 is 1.07 bits per heavy atom. The smallest absolute Gasteiger partial charge is 0.268 e. The minimum Gasteiger partial charge on any atom is -0.333 e. The Hall–Kier alpha value is -2.68. The summed E-state index contributed by atoms with van der Waals surface area (Å²) < 4.78 is 33.1. The maximum atomic E-state index is 13.2. The van der Waals surface area contributed by atoms with Crippen LogP contribution in [-0.2, 0) is 10.0 Å². The highest BCUT2D eigenvalue weighted by molar-refractivity contribution is 7.93. The Morgan fingerprint density at radius 2 is 1.80 bits per heavy atom. The molecule has 2 heterocycles. The Bertz CT molecular complexity index is 1310. The van der Waals surface area contributed by atoms with Crippen LogP contribution in [0.15, 0.2) is 64.0 Å². The minimum absolute atomic E-state index is 0.220. The molecule has 4 aromatic rings. The van der Waals surface area contributed by atoms with E-state index in [1.54, 1.807) is 50.4 Å². The quantitative estimate of drug-likeness (QED) is 0.390. The van der Waals surface area contributed by atoms with Crippen molar-refractivity contribution in [3.05, 3.63) is 70.1 Å². The van der Waals surface area contributed by atoms with Crippen molar-refractivity contribution in [2.24, 2.45) is 0 Å². The molecule has 6 nitrogen and oxygen atoms in total. The molecule has 0 saturated carbocycles. The van der Waals surface area contributed by atoms with Crippen molar-refractivity contribution in [3.63, 3.8) is 0 Å². The van der Waals surface area contributed by atoms with Gasteiger partial charge in [-0.1, -0.05) is 28.9 Å². The van der Waals surface area contributed by atoms with E-state index in [1.165, 1.54) is 15.6 Å². The lowest BCUT2D eigenvalue weighted by atomic mass is 10.2. The zero-order valence-electron chi connectivity index (χ0n) is 16.5. The lowest BCUT2D eigenvalue weighted by Crippen LogP contribution is -2.26. The molecule has 0 aliphatic rings. The zero-order valence-corrected chi connectivity index (χ0v) is 18.8. The van der Waals surface area contributed by atoms with Gasteiger partial charge in [-0.15, -0.1) is 11.3 Å². The molecule has 2 aromatic carbocycles. The summed E-state index contributed by atoms with van der Waals surface area (Å²) in [7, 11) is -2.19.